The van der Waals surface area contributed by atoms with Crippen molar-refractivity contribution in [2.75, 3.05) is 69.2 Å². The zero-order valence-corrected chi connectivity index (χ0v) is 79.6. The van der Waals surface area contributed by atoms with Crippen LogP contribution in [0.3, 0.4) is 0 Å². The Morgan fingerprint density at radius 2 is 0.569 bits per heavy atom. The molecule has 6 unspecified atom stereocenters. The number of fused-ring (bicyclic) bond motifs is 4. The van der Waals surface area contributed by atoms with E-state index >= 15 is 0 Å². The first-order valence-electron chi connectivity index (χ1n) is 42.9. The average molecular weight is 2150 g/mol. The number of nitrogens with one attached hydrogen (secondary N) is 6. The number of anilines is 4. The standard InChI is InChI=1S/C70H88N26O42P6/c1-26-11-90(68(105)87-59(26)99)43-4-29(98)37(127-43)15-120-139(108,109)135-33-8-47(94-23-78-51-56(94)81-65(72)84-62(51)102)130-40(33)18-124-143(116,117)137-35-10-49(96-25-80-53-58(96)83-67(74)86-64(53)104)132-42(35)20-125-144(118,119)138-34-9-48(95-24-79-52-57(95)82-66(73)85-63(52)103)131-41(34)19-123-142(114,115)136-32-7-46(93-22-77-50-54(71)75-21-76-55(50)93)129-39(32)17-122-141(112,113)134-31-6-45(92-13-28(3)61(101)89-70(92)107)128-38(31)16-121-140(110,111)133-30-5-44(126-36(30)14-97)91-12-27(2)60(100)88-69(91)106/h11-13,21-25,29-49,97-98H,4-10,14-20H2,1-3H3,(H,108,109)(H,110,111)(H,112,113)(H,114,115)(H,116,117)(H,118,119)(H2,71,75,76)(H,87,99,105)(H,88,100,106)(H,89,101,107)(H3,72,81,84,102)(H3,73,82,85,103)(H3,74,83,86,104)/t29-,30-,31-,32-,33-,34-,35-,36+,37+,38+,39+,40+,41+,42+,43+,44+,45+,46+,47+,48+,49+/m0/s1. The van der Waals surface area contributed by atoms with Crippen molar-refractivity contribution >= 4 is 115 Å². The van der Waals surface area contributed by atoms with E-state index in [0.717, 1.165) is 65.1 Å². The fraction of sp³-hybridized carbons (Fsp3) is 0.543. The van der Waals surface area contributed by atoms with E-state index in [0.29, 0.717) is 0 Å². The largest absolute Gasteiger partial charge is 0.472 e. The number of imidazole rings is 4. The quantitative estimate of drug-likeness (QED) is 0.0167. The molecule has 7 aliphatic rings. The van der Waals surface area contributed by atoms with Gasteiger partial charge in [0, 0.05) is 80.2 Å². The van der Waals surface area contributed by atoms with Crippen molar-refractivity contribution in [1.82, 2.24) is 107 Å². The molecular formula is C70H88N26O42P6. The zero-order valence-electron chi connectivity index (χ0n) is 74.2. The van der Waals surface area contributed by atoms with E-state index in [1.165, 1.54) is 37.9 Å². The highest BCUT2D eigenvalue weighted by molar-refractivity contribution is 7.48. The third kappa shape index (κ3) is 22.4. The minimum Gasteiger partial charge on any atom is -0.394 e. The van der Waals surface area contributed by atoms with Gasteiger partial charge in [-0.15, -0.1) is 0 Å². The van der Waals surface area contributed by atoms with E-state index in [1.54, 1.807) is 0 Å². The lowest BCUT2D eigenvalue weighted by Gasteiger charge is -2.26. The lowest BCUT2D eigenvalue weighted by atomic mass is 10.2. The number of aromatic nitrogens is 22. The highest BCUT2D eigenvalue weighted by Gasteiger charge is 2.53. The first kappa shape index (κ1) is 103. The van der Waals surface area contributed by atoms with Crippen molar-refractivity contribution in [3.8, 4) is 0 Å². The Morgan fingerprint density at radius 1 is 0.326 bits per heavy atom. The van der Waals surface area contributed by atoms with Crippen molar-refractivity contribution in [2.45, 2.75) is 195 Å². The molecule has 0 amide bonds. The van der Waals surface area contributed by atoms with Gasteiger partial charge in [-0.1, -0.05) is 0 Å². The molecule has 0 spiro atoms. The molecule has 18 rings (SSSR count). The molecule has 0 aliphatic carbocycles. The van der Waals surface area contributed by atoms with Gasteiger partial charge in [0.25, 0.3) is 33.4 Å². The Bertz CT molecular complexity index is 7670. The minimum absolute atomic E-state index is 0.0109. The Kier molecular flexibility index (Phi) is 28.9. The summed E-state index contributed by atoms with van der Waals surface area (Å²) in [6, 6.07) is 0. The molecule has 144 heavy (non-hydrogen) atoms. The lowest BCUT2D eigenvalue weighted by molar-refractivity contribution is -0.0647. The number of nitrogen functional groups attached to an aromatic ring is 4. The number of aliphatic hydroxyl groups is 2. The number of aromatic amines is 6. The van der Waals surface area contributed by atoms with Gasteiger partial charge in [0.1, 0.15) is 135 Å². The van der Waals surface area contributed by atoms with E-state index in [-0.39, 0.29) is 86.0 Å². The maximum absolute atomic E-state index is 14.8. The molecule has 68 nitrogen and oxygen atoms in total. The van der Waals surface area contributed by atoms with E-state index in [4.69, 9.17) is 110 Å². The summed E-state index contributed by atoms with van der Waals surface area (Å²) < 4.78 is 203. The Hall–Kier alpha value is -10.9. The Labute approximate surface area is 797 Å². The number of ether oxygens (including phenoxy) is 7. The highest BCUT2D eigenvalue weighted by atomic mass is 31.2. The van der Waals surface area contributed by atoms with Gasteiger partial charge in [-0.05, 0) is 20.8 Å². The molecule has 7 saturated heterocycles. The normalized spacial score (nSPS) is 29.3. The number of aryl methyl sites for hydroxylation is 3. The molecule has 11 aromatic rings. The third-order valence-corrected chi connectivity index (χ3v) is 29.9. The number of hydrogen-bond acceptors (Lipinski definition) is 49. The van der Waals surface area contributed by atoms with Crippen LogP contribution in [0.5, 0.6) is 0 Å². The predicted octanol–water partition coefficient (Wildman–Crippen LogP) is -3.49. The fourth-order valence-corrected chi connectivity index (χ4v) is 22.8. The number of rotatable bonds is 38. The first-order valence-corrected chi connectivity index (χ1v) is 51.9. The van der Waals surface area contributed by atoms with Gasteiger partial charge in [0.15, 0.2) is 45.0 Å². The van der Waals surface area contributed by atoms with Crippen molar-refractivity contribution in [1.29, 1.82) is 0 Å². The maximum Gasteiger partial charge on any atom is 0.472 e. The van der Waals surface area contributed by atoms with Crippen LogP contribution in [0.4, 0.5) is 23.7 Å². The molecule has 0 bridgehead atoms. The number of hydrogen-bond donors (Lipinski definition) is 18. The van der Waals surface area contributed by atoms with Gasteiger partial charge < -0.3 is 95.7 Å². The summed E-state index contributed by atoms with van der Waals surface area (Å²) in [5, 5.41) is 21.2. The Balaban J connectivity index is 0.569. The molecule has 7 aliphatic heterocycles. The Morgan fingerprint density at radius 3 is 0.861 bits per heavy atom. The van der Waals surface area contributed by atoms with Crippen molar-refractivity contribution in [2.24, 2.45) is 0 Å². The number of aliphatic hydroxyl groups excluding tert-OH is 2. The van der Waals surface area contributed by atoms with Gasteiger partial charge in [-0.3, -0.25) is 145 Å². The van der Waals surface area contributed by atoms with E-state index in [1.807, 2.05) is 0 Å². The molecule has 18 heterocycles. The summed E-state index contributed by atoms with van der Waals surface area (Å²) in [6.45, 7) is -3.28. The third-order valence-electron chi connectivity index (χ3n) is 23.8. The number of H-pyrrole nitrogens is 6. The minimum atomic E-state index is -5.75. The summed E-state index contributed by atoms with van der Waals surface area (Å²) >= 11 is 0. The average Bonchev–Trinajstić information content (AvgIpc) is 1.60. The zero-order chi connectivity index (χ0) is 103. The molecular weight excluding hydrogens is 2060 g/mol. The van der Waals surface area contributed by atoms with Crippen LogP contribution in [0.1, 0.15) is 105 Å². The molecule has 0 aromatic carbocycles. The topological polar surface area (TPSA) is 943 Å². The van der Waals surface area contributed by atoms with Gasteiger partial charge in [0.05, 0.1) is 77.7 Å². The lowest BCUT2D eigenvalue weighted by Crippen LogP contribution is -2.33. The van der Waals surface area contributed by atoms with Gasteiger partial charge in [0.2, 0.25) is 17.8 Å². The number of nitrogens with two attached hydrogens (primary N) is 4. The van der Waals surface area contributed by atoms with E-state index < -0.39 is 317 Å². The van der Waals surface area contributed by atoms with Crippen LogP contribution in [-0.4, -0.2) is 278 Å². The van der Waals surface area contributed by atoms with Crippen molar-refractivity contribution < 1.29 is 154 Å². The second-order valence-electron chi connectivity index (χ2n) is 33.6. The van der Waals surface area contributed by atoms with Crippen LogP contribution in [0, 0.1) is 20.8 Å². The van der Waals surface area contributed by atoms with Crippen LogP contribution in [0.15, 0.2) is 93.4 Å². The number of phosphoric ester groups is 6. The van der Waals surface area contributed by atoms with Gasteiger partial charge >= 0.3 is 64.0 Å². The number of nitrogens with zero attached hydrogens (tertiary/aromatic N) is 16. The summed E-state index contributed by atoms with van der Waals surface area (Å²) in [5.74, 6) is -1.36. The monoisotopic (exact) mass is 2150 g/mol. The molecule has 7 fully saturated rings. The number of phosphoric acid groups is 6. The smallest absolute Gasteiger partial charge is 0.394 e. The molecule has 0 radical (unpaired) electrons. The van der Waals surface area contributed by atoms with Crippen LogP contribution in [0.2, 0.25) is 0 Å². The second-order valence-corrected chi connectivity index (χ2v) is 42.0. The van der Waals surface area contributed by atoms with Crippen LogP contribution in [-0.2, 0) is 115 Å². The molecule has 0 saturated carbocycles. The summed E-state index contributed by atoms with van der Waals surface area (Å²) in [7, 11) is -33.6. The molecule has 27 atom stereocenters. The predicted molar refractivity (Wildman–Crippen MR) is 472 cm³/mol. The second kappa shape index (κ2) is 40.4. The fourth-order valence-electron chi connectivity index (χ4n) is 17.0. The highest BCUT2D eigenvalue weighted by Crippen LogP contribution is 2.58. The molecule has 780 valence electrons. The van der Waals surface area contributed by atoms with Crippen LogP contribution < -0.4 is 73.4 Å². The maximum atomic E-state index is 14.8. The van der Waals surface area contributed by atoms with Crippen LogP contribution in [0.25, 0.3) is 44.7 Å². The van der Waals surface area contributed by atoms with E-state index in [2.05, 4.69) is 74.8 Å². The van der Waals surface area contributed by atoms with Crippen molar-refractivity contribution in [3.63, 3.8) is 0 Å². The SMILES string of the molecule is Cc1cn([C@H]2C[C@H](OP(=O)(O)OC[C@H]3O[C@@H](n4cc(C)c(=O)[nH]c4=O)C[C@@H]3OP(=O)(O)OC[C@H]3O[C@@H](n4cnc5c(N)ncnc54)C[C@@H]3OP(=O)(O)OC[C@H]3O[C@@H](n4cnc5c(=O)[nH]c(N)nc54)C[C@@H]3OP(=O)(O)OC[C@H]3O[C@@H](n4cnc5c(=O)[nH]c(N)nc54)C[C@@H]3OP(=O)(O)OC[C@H]3O[C@@H](n4cnc5c(=O)[nH]c(N)nc54)C[C@@H]3OP(=O)(O)OC[C@H]3O[C@@H](n4cc(C)c(=O)[nH]c4=O)C[C@@H]3O)[C@@H](CO)O2)c(=O)[nH]c1=O. The summed E-state index contributed by atoms with van der Waals surface area (Å²) in [4.78, 5) is 234. The van der Waals surface area contributed by atoms with Gasteiger partial charge in [-0.25, -0.2) is 71.7 Å². The molecule has 11 aromatic heterocycles. The van der Waals surface area contributed by atoms with Gasteiger partial charge in [-0.2, -0.15) is 15.0 Å². The van der Waals surface area contributed by atoms with E-state index in [9.17, 15) is 110 Å². The van der Waals surface area contributed by atoms with Crippen LogP contribution >= 0.6 is 46.9 Å². The molecule has 74 heteroatoms. The van der Waals surface area contributed by atoms with Crippen molar-refractivity contribution in [3.05, 3.63) is 160 Å². The summed E-state index contributed by atoms with van der Waals surface area (Å²) in [6.07, 6.45) is -28.0. The first-order chi connectivity index (χ1) is 68.0. The summed E-state index contributed by atoms with van der Waals surface area (Å²) in [5.41, 5.74) is 14.9. The molecule has 22 N–H and O–H groups in total.